The van der Waals surface area contributed by atoms with E-state index < -0.39 is 0 Å². The molecule has 0 spiro atoms. The third kappa shape index (κ3) is 3.44. The van der Waals surface area contributed by atoms with E-state index in [2.05, 4.69) is 19.2 Å². The second-order valence-electron chi connectivity index (χ2n) is 5.24. The van der Waals surface area contributed by atoms with Gasteiger partial charge in [0.15, 0.2) is 0 Å². The summed E-state index contributed by atoms with van der Waals surface area (Å²) < 4.78 is 0. The lowest BCUT2D eigenvalue weighted by molar-refractivity contribution is 0.144. The molecular weight excluding hydrogens is 188 g/mol. The Kier molecular flexibility index (Phi) is 5.03. The van der Waals surface area contributed by atoms with Gasteiger partial charge in [0.1, 0.15) is 0 Å². The molecule has 0 bridgehead atoms. The Bertz CT molecular complexity index is 184. The van der Waals surface area contributed by atoms with Crippen molar-refractivity contribution in [3.63, 3.8) is 0 Å². The molecule has 2 unspecified atom stereocenters. The van der Waals surface area contributed by atoms with Crippen LogP contribution in [-0.4, -0.2) is 30.3 Å². The monoisotopic (exact) mass is 214 g/mol. The van der Waals surface area contributed by atoms with Gasteiger partial charge in [-0.25, -0.2) is 0 Å². The summed E-state index contributed by atoms with van der Waals surface area (Å²) in [5.41, 5.74) is 5.99. The zero-order valence-electron chi connectivity index (χ0n) is 10.1. The van der Waals surface area contributed by atoms with Gasteiger partial charge in [0, 0.05) is 18.6 Å². The average molecular weight is 214 g/mol. The van der Waals surface area contributed by atoms with E-state index in [4.69, 9.17) is 10.8 Å². The quantitative estimate of drug-likeness (QED) is 0.642. The molecule has 0 aromatic rings. The molecule has 0 radical (unpaired) electrons. The Morgan fingerprint density at radius 3 is 2.80 bits per heavy atom. The fraction of sp³-hybridized carbons (Fsp3) is 1.00. The van der Waals surface area contributed by atoms with E-state index >= 15 is 0 Å². The third-order valence-electron chi connectivity index (χ3n) is 3.83. The highest BCUT2D eigenvalue weighted by Gasteiger charge is 2.35. The number of nitrogens with one attached hydrogen (secondary N) is 1. The number of hydrogen-bond donors (Lipinski definition) is 3. The Morgan fingerprint density at radius 2 is 2.27 bits per heavy atom. The van der Waals surface area contributed by atoms with Crippen LogP contribution in [0, 0.1) is 11.8 Å². The van der Waals surface area contributed by atoms with Gasteiger partial charge < -0.3 is 16.2 Å². The largest absolute Gasteiger partial charge is 0.395 e. The van der Waals surface area contributed by atoms with E-state index in [1.54, 1.807) is 0 Å². The number of hydrogen-bond acceptors (Lipinski definition) is 3. The minimum Gasteiger partial charge on any atom is -0.395 e. The number of nitrogens with two attached hydrogens (primary N) is 1. The van der Waals surface area contributed by atoms with E-state index in [-0.39, 0.29) is 12.1 Å². The minimum absolute atomic E-state index is 0.0932. The van der Waals surface area contributed by atoms with Crippen LogP contribution in [0.25, 0.3) is 0 Å². The van der Waals surface area contributed by atoms with Crippen LogP contribution in [0.15, 0.2) is 0 Å². The van der Waals surface area contributed by atoms with Crippen LogP contribution >= 0.6 is 0 Å². The topological polar surface area (TPSA) is 58.3 Å². The minimum atomic E-state index is 0.0932. The summed E-state index contributed by atoms with van der Waals surface area (Å²) in [4.78, 5) is 0. The SMILES string of the molecule is CC(C)C1CCCC(CN)(NCCO)C1. The van der Waals surface area contributed by atoms with Gasteiger partial charge in [0.2, 0.25) is 0 Å². The van der Waals surface area contributed by atoms with Gasteiger partial charge in [0.25, 0.3) is 0 Å². The van der Waals surface area contributed by atoms with Crippen molar-refractivity contribution in [3.05, 3.63) is 0 Å². The fourth-order valence-electron chi connectivity index (χ4n) is 2.72. The predicted molar refractivity (Wildman–Crippen MR) is 63.7 cm³/mol. The van der Waals surface area contributed by atoms with E-state index in [9.17, 15) is 0 Å². The summed E-state index contributed by atoms with van der Waals surface area (Å²) in [6.45, 7) is 6.15. The highest BCUT2D eigenvalue weighted by Crippen LogP contribution is 2.35. The van der Waals surface area contributed by atoms with Crippen molar-refractivity contribution in [2.24, 2.45) is 17.6 Å². The molecule has 1 aliphatic rings. The first-order valence-electron chi connectivity index (χ1n) is 6.19. The van der Waals surface area contributed by atoms with Crippen molar-refractivity contribution in [1.82, 2.24) is 5.32 Å². The molecule has 0 amide bonds. The lowest BCUT2D eigenvalue weighted by Gasteiger charge is -2.42. The highest BCUT2D eigenvalue weighted by molar-refractivity contribution is 4.95. The zero-order valence-corrected chi connectivity index (χ0v) is 10.1. The molecule has 3 nitrogen and oxygen atoms in total. The van der Waals surface area contributed by atoms with Crippen molar-refractivity contribution in [2.75, 3.05) is 19.7 Å². The van der Waals surface area contributed by atoms with Crippen molar-refractivity contribution < 1.29 is 5.11 Å². The second kappa shape index (κ2) is 5.83. The molecule has 4 N–H and O–H groups in total. The summed E-state index contributed by atoms with van der Waals surface area (Å²) in [5, 5.41) is 12.3. The second-order valence-corrected chi connectivity index (χ2v) is 5.24. The van der Waals surface area contributed by atoms with E-state index in [0.717, 1.165) is 18.3 Å². The molecule has 0 aromatic heterocycles. The Morgan fingerprint density at radius 1 is 1.53 bits per heavy atom. The molecule has 3 heteroatoms. The normalized spacial score (nSPS) is 32.2. The average Bonchev–Trinajstić information content (AvgIpc) is 2.26. The Labute approximate surface area is 93.4 Å². The molecule has 2 atom stereocenters. The summed E-state index contributed by atoms with van der Waals surface area (Å²) in [6.07, 6.45) is 4.92. The van der Waals surface area contributed by atoms with Crippen LogP contribution in [0.4, 0.5) is 0 Å². The Balaban J connectivity index is 2.55. The van der Waals surface area contributed by atoms with Gasteiger partial charge in [-0.2, -0.15) is 0 Å². The maximum atomic E-state index is 8.88. The number of aliphatic hydroxyl groups is 1. The summed E-state index contributed by atoms with van der Waals surface area (Å²) in [6, 6.07) is 0. The molecule has 0 aromatic carbocycles. The van der Waals surface area contributed by atoms with Crippen LogP contribution in [-0.2, 0) is 0 Å². The molecule has 1 aliphatic carbocycles. The maximum Gasteiger partial charge on any atom is 0.0556 e. The number of aliphatic hydroxyl groups excluding tert-OH is 1. The standard InChI is InChI=1S/C12H26N2O/c1-10(2)11-4-3-5-12(8-11,9-13)14-6-7-15/h10-11,14-15H,3-9,13H2,1-2H3. The van der Waals surface area contributed by atoms with Gasteiger partial charge in [-0.3, -0.25) is 0 Å². The lowest BCUT2D eigenvalue weighted by atomic mass is 9.71. The number of rotatable bonds is 5. The summed E-state index contributed by atoms with van der Waals surface area (Å²) in [7, 11) is 0. The highest BCUT2D eigenvalue weighted by atomic mass is 16.3. The first-order valence-corrected chi connectivity index (χ1v) is 6.19. The van der Waals surface area contributed by atoms with Crippen molar-refractivity contribution in [1.29, 1.82) is 0 Å². The summed E-state index contributed by atoms with van der Waals surface area (Å²) >= 11 is 0. The van der Waals surface area contributed by atoms with E-state index in [1.165, 1.54) is 19.3 Å². The molecule has 0 aliphatic heterocycles. The Hall–Kier alpha value is -0.120. The molecule has 0 heterocycles. The van der Waals surface area contributed by atoms with E-state index in [0.29, 0.717) is 13.1 Å². The molecule has 0 saturated heterocycles. The number of β-amino-alcohol motifs (C(OH)–C–C–N with tert-alkyl or cyclic N) is 1. The van der Waals surface area contributed by atoms with Crippen molar-refractivity contribution in [3.8, 4) is 0 Å². The molecule has 1 fully saturated rings. The van der Waals surface area contributed by atoms with Gasteiger partial charge in [-0.1, -0.05) is 26.7 Å². The summed E-state index contributed by atoms with van der Waals surface area (Å²) in [5.74, 6) is 1.53. The van der Waals surface area contributed by atoms with Crippen LogP contribution in [0.3, 0.4) is 0 Å². The van der Waals surface area contributed by atoms with Crippen LogP contribution in [0.1, 0.15) is 39.5 Å². The van der Waals surface area contributed by atoms with E-state index in [1.807, 2.05) is 0 Å². The fourth-order valence-corrected chi connectivity index (χ4v) is 2.72. The first kappa shape index (κ1) is 12.9. The van der Waals surface area contributed by atoms with Crippen LogP contribution in [0.5, 0.6) is 0 Å². The third-order valence-corrected chi connectivity index (χ3v) is 3.83. The van der Waals surface area contributed by atoms with Crippen LogP contribution in [0.2, 0.25) is 0 Å². The maximum absolute atomic E-state index is 8.88. The molecule has 90 valence electrons. The lowest BCUT2D eigenvalue weighted by Crippen LogP contribution is -2.55. The molecule has 1 saturated carbocycles. The van der Waals surface area contributed by atoms with Crippen molar-refractivity contribution in [2.45, 2.75) is 45.1 Å². The first-order chi connectivity index (χ1) is 7.13. The van der Waals surface area contributed by atoms with Crippen LogP contribution < -0.4 is 11.1 Å². The predicted octanol–water partition coefficient (Wildman–Crippen LogP) is 1.11. The molecule has 15 heavy (non-hydrogen) atoms. The smallest absolute Gasteiger partial charge is 0.0556 e. The van der Waals surface area contributed by atoms with Crippen molar-refractivity contribution >= 4 is 0 Å². The molecular formula is C12H26N2O. The zero-order chi connectivity index (χ0) is 11.3. The van der Waals surface area contributed by atoms with Gasteiger partial charge in [0.05, 0.1) is 6.61 Å². The van der Waals surface area contributed by atoms with Gasteiger partial charge in [-0.15, -0.1) is 0 Å². The van der Waals surface area contributed by atoms with Gasteiger partial charge in [-0.05, 0) is 24.7 Å². The molecule has 1 rings (SSSR count). The van der Waals surface area contributed by atoms with Gasteiger partial charge >= 0.3 is 0 Å².